The SMILES string of the molecule is CCCCN(CCOCCOCCO)CCOCCOCCO. The monoisotopic (exact) mass is 337 g/mol. The van der Waals surface area contributed by atoms with Crippen LogP contribution < -0.4 is 0 Å². The maximum absolute atomic E-state index is 8.58. The van der Waals surface area contributed by atoms with Gasteiger partial charge in [-0.05, 0) is 13.0 Å². The van der Waals surface area contributed by atoms with Crippen LogP contribution in [0.5, 0.6) is 0 Å². The number of hydrogen-bond acceptors (Lipinski definition) is 7. The number of hydrogen-bond donors (Lipinski definition) is 2. The molecule has 0 aliphatic carbocycles. The zero-order chi connectivity index (χ0) is 17.0. The molecule has 7 nitrogen and oxygen atoms in total. The standard InChI is InChI=1S/C16H35NO6/c1-2-3-4-17(5-9-20-13-15-22-11-7-18)6-10-21-14-16-23-12-8-19/h18-19H,2-16H2,1H3. The van der Waals surface area contributed by atoms with Crippen molar-refractivity contribution in [2.45, 2.75) is 19.8 Å². The molecule has 0 aromatic carbocycles. The summed E-state index contributed by atoms with van der Waals surface area (Å²) in [6, 6.07) is 0. The molecule has 0 bridgehead atoms. The summed E-state index contributed by atoms with van der Waals surface area (Å²) < 4.78 is 21.3. The minimum atomic E-state index is 0.0514. The molecule has 0 amide bonds. The van der Waals surface area contributed by atoms with E-state index in [1.807, 2.05) is 0 Å². The molecule has 0 aromatic rings. The number of aliphatic hydroxyl groups is 2. The van der Waals surface area contributed by atoms with Gasteiger partial charge in [0.25, 0.3) is 0 Å². The molecule has 23 heavy (non-hydrogen) atoms. The molecular weight excluding hydrogens is 302 g/mol. The van der Waals surface area contributed by atoms with Crippen LogP contribution in [-0.2, 0) is 18.9 Å². The summed E-state index contributed by atoms with van der Waals surface area (Å²) in [6.45, 7) is 9.32. The lowest BCUT2D eigenvalue weighted by Crippen LogP contribution is -2.32. The summed E-state index contributed by atoms with van der Waals surface area (Å²) in [4.78, 5) is 2.34. The van der Waals surface area contributed by atoms with E-state index in [0.717, 1.165) is 19.6 Å². The maximum atomic E-state index is 8.58. The molecule has 7 heteroatoms. The van der Waals surface area contributed by atoms with E-state index in [1.54, 1.807) is 0 Å². The molecule has 0 aromatic heterocycles. The maximum Gasteiger partial charge on any atom is 0.0701 e. The second-order valence-corrected chi connectivity index (χ2v) is 5.09. The van der Waals surface area contributed by atoms with Crippen molar-refractivity contribution in [2.75, 3.05) is 85.7 Å². The van der Waals surface area contributed by atoms with Crippen LogP contribution in [0.15, 0.2) is 0 Å². The topological polar surface area (TPSA) is 80.6 Å². The van der Waals surface area contributed by atoms with Crippen LogP contribution in [0, 0.1) is 0 Å². The third-order valence-electron chi connectivity index (χ3n) is 3.15. The summed E-state index contributed by atoms with van der Waals surface area (Å²) >= 11 is 0. The fourth-order valence-electron chi connectivity index (χ4n) is 1.88. The van der Waals surface area contributed by atoms with E-state index in [2.05, 4.69) is 11.8 Å². The third kappa shape index (κ3) is 17.9. The normalized spacial score (nSPS) is 11.5. The van der Waals surface area contributed by atoms with Crippen molar-refractivity contribution in [3.8, 4) is 0 Å². The summed E-state index contributed by atoms with van der Waals surface area (Å²) in [5.41, 5.74) is 0. The molecule has 0 aliphatic heterocycles. The Morgan fingerprint density at radius 2 is 1.04 bits per heavy atom. The molecule has 0 unspecified atom stereocenters. The van der Waals surface area contributed by atoms with Crippen LogP contribution in [0.2, 0.25) is 0 Å². The van der Waals surface area contributed by atoms with Gasteiger partial charge in [0, 0.05) is 13.1 Å². The van der Waals surface area contributed by atoms with Crippen molar-refractivity contribution in [3.05, 3.63) is 0 Å². The molecule has 0 fully saturated rings. The molecule has 0 heterocycles. The van der Waals surface area contributed by atoms with Crippen molar-refractivity contribution >= 4 is 0 Å². The number of unbranched alkanes of at least 4 members (excludes halogenated alkanes) is 1. The van der Waals surface area contributed by atoms with E-state index in [1.165, 1.54) is 12.8 Å². The van der Waals surface area contributed by atoms with Gasteiger partial charge in [-0.3, -0.25) is 4.90 Å². The Morgan fingerprint density at radius 1 is 0.609 bits per heavy atom. The van der Waals surface area contributed by atoms with Crippen LogP contribution in [0.1, 0.15) is 19.8 Å². The summed E-state index contributed by atoms with van der Waals surface area (Å²) in [6.07, 6.45) is 2.33. The molecule has 0 saturated heterocycles. The van der Waals surface area contributed by atoms with Gasteiger partial charge in [-0.2, -0.15) is 0 Å². The lowest BCUT2D eigenvalue weighted by molar-refractivity contribution is 0.0145. The first-order valence-electron chi connectivity index (χ1n) is 8.60. The Kier molecular flexibility index (Phi) is 19.5. The molecule has 0 atom stereocenters. The summed E-state index contributed by atoms with van der Waals surface area (Å²) in [5.74, 6) is 0. The van der Waals surface area contributed by atoms with Crippen molar-refractivity contribution in [2.24, 2.45) is 0 Å². The van der Waals surface area contributed by atoms with Gasteiger partial charge in [0.05, 0.1) is 66.1 Å². The zero-order valence-corrected chi connectivity index (χ0v) is 14.6. The van der Waals surface area contributed by atoms with Crippen molar-refractivity contribution in [1.82, 2.24) is 4.90 Å². The van der Waals surface area contributed by atoms with Crippen molar-refractivity contribution in [3.63, 3.8) is 0 Å². The van der Waals surface area contributed by atoms with Crippen LogP contribution in [0.4, 0.5) is 0 Å². The highest BCUT2D eigenvalue weighted by Gasteiger charge is 2.04. The Bertz CT molecular complexity index is 203. The smallest absolute Gasteiger partial charge is 0.0701 e. The second-order valence-electron chi connectivity index (χ2n) is 5.09. The number of aliphatic hydroxyl groups excluding tert-OH is 2. The van der Waals surface area contributed by atoms with E-state index in [9.17, 15) is 0 Å². The number of rotatable bonds is 19. The Hall–Kier alpha value is -0.280. The fourth-order valence-corrected chi connectivity index (χ4v) is 1.88. The number of nitrogens with zero attached hydrogens (tertiary/aromatic N) is 1. The first kappa shape index (κ1) is 22.7. The highest BCUT2D eigenvalue weighted by Crippen LogP contribution is 1.96. The predicted octanol–water partition coefficient (Wildman–Crippen LogP) is 0.140. The molecule has 140 valence electrons. The van der Waals surface area contributed by atoms with E-state index in [0.29, 0.717) is 52.9 Å². The van der Waals surface area contributed by atoms with Gasteiger partial charge in [-0.1, -0.05) is 13.3 Å². The van der Waals surface area contributed by atoms with Gasteiger partial charge in [0.2, 0.25) is 0 Å². The predicted molar refractivity (Wildman–Crippen MR) is 88.8 cm³/mol. The largest absolute Gasteiger partial charge is 0.394 e. The summed E-state index contributed by atoms with van der Waals surface area (Å²) in [7, 11) is 0. The van der Waals surface area contributed by atoms with E-state index in [-0.39, 0.29) is 13.2 Å². The lowest BCUT2D eigenvalue weighted by Gasteiger charge is -2.22. The van der Waals surface area contributed by atoms with Crippen LogP contribution in [0.25, 0.3) is 0 Å². The third-order valence-corrected chi connectivity index (χ3v) is 3.15. The molecule has 0 spiro atoms. The Labute approximate surface area is 140 Å². The second kappa shape index (κ2) is 19.8. The first-order valence-corrected chi connectivity index (χ1v) is 8.60. The van der Waals surface area contributed by atoms with Crippen LogP contribution in [0.3, 0.4) is 0 Å². The molecular formula is C16H35NO6. The van der Waals surface area contributed by atoms with E-state index >= 15 is 0 Å². The van der Waals surface area contributed by atoms with Gasteiger partial charge < -0.3 is 29.2 Å². The Morgan fingerprint density at radius 3 is 1.43 bits per heavy atom. The minimum absolute atomic E-state index is 0.0514. The minimum Gasteiger partial charge on any atom is -0.394 e. The lowest BCUT2D eigenvalue weighted by atomic mass is 10.3. The molecule has 0 radical (unpaired) electrons. The zero-order valence-electron chi connectivity index (χ0n) is 14.6. The molecule has 0 saturated carbocycles. The van der Waals surface area contributed by atoms with E-state index in [4.69, 9.17) is 29.2 Å². The Balaban J connectivity index is 3.56. The molecule has 0 aliphatic rings. The van der Waals surface area contributed by atoms with Gasteiger partial charge in [-0.25, -0.2) is 0 Å². The first-order chi connectivity index (χ1) is 11.3. The van der Waals surface area contributed by atoms with Crippen LogP contribution in [-0.4, -0.2) is 101 Å². The average Bonchev–Trinajstić information content (AvgIpc) is 2.57. The van der Waals surface area contributed by atoms with Gasteiger partial charge in [-0.15, -0.1) is 0 Å². The van der Waals surface area contributed by atoms with Gasteiger partial charge in [0.15, 0.2) is 0 Å². The van der Waals surface area contributed by atoms with Gasteiger partial charge >= 0.3 is 0 Å². The highest BCUT2D eigenvalue weighted by molar-refractivity contribution is 4.57. The molecule has 2 N–H and O–H groups in total. The average molecular weight is 337 g/mol. The van der Waals surface area contributed by atoms with Crippen LogP contribution >= 0.6 is 0 Å². The highest BCUT2D eigenvalue weighted by atomic mass is 16.5. The molecule has 0 rings (SSSR count). The van der Waals surface area contributed by atoms with Gasteiger partial charge in [0.1, 0.15) is 0 Å². The van der Waals surface area contributed by atoms with Crippen molar-refractivity contribution < 1.29 is 29.2 Å². The van der Waals surface area contributed by atoms with E-state index < -0.39 is 0 Å². The number of ether oxygens (including phenoxy) is 4. The van der Waals surface area contributed by atoms with Crippen molar-refractivity contribution in [1.29, 1.82) is 0 Å². The quantitative estimate of drug-likeness (QED) is 0.325. The summed E-state index contributed by atoms with van der Waals surface area (Å²) in [5, 5.41) is 17.2. The fraction of sp³-hybridized carbons (Fsp3) is 1.00.